The molecule has 0 aromatic heterocycles. The molecule has 1 aliphatic heterocycles. The SMILES string of the molecule is O=C(OC1CC1)N1CCc2ccccc2C1. The maximum absolute atomic E-state index is 11.8. The van der Waals surface area contributed by atoms with E-state index in [1.165, 1.54) is 11.1 Å². The zero-order valence-electron chi connectivity index (χ0n) is 9.19. The molecule has 0 bridgehead atoms. The normalized spacial score (nSPS) is 19.1. The van der Waals surface area contributed by atoms with Crippen molar-refractivity contribution in [1.82, 2.24) is 4.90 Å². The van der Waals surface area contributed by atoms with Gasteiger partial charge < -0.3 is 9.64 Å². The molecule has 0 spiro atoms. The van der Waals surface area contributed by atoms with Gasteiger partial charge in [0.15, 0.2) is 0 Å². The first kappa shape index (κ1) is 9.70. The number of hydrogen-bond donors (Lipinski definition) is 0. The number of benzene rings is 1. The molecular weight excluding hydrogens is 202 g/mol. The molecule has 1 fully saturated rings. The highest BCUT2D eigenvalue weighted by atomic mass is 16.6. The van der Waals surface area contributed by atoms with Crippen LogP contribution in [0.2, 0.25) is 0 Å². The second-order valence-electron chi connectivity index (χ2n) is 4.52. The molecule has 1 aliphatic carbocycles. The van der Waals surface area contributed by atoms with E-state index in [1.54, 1.807) is 4.90 Å². The van der Waals surface area contributed by atoms with Crippen molar-refractivity contribution in [3.8, 4) is 0 Å². The minimum absolute atomic E-state index is 0.142. The molecule has 1 amide bonds. The first-order valence-electron chi connectivity index (χ1n) is 5.85. The van der Waals surface area contributed by atoms with Crippen molar-refractivity contribution in [2.75, 3.05) is 6.54 Å². The van der Waals surface area contributed by atoms with Gasteiger partial charge in [0.2, 0.25) is 0 Å². The van der Waals surface area contributed by atoms with Crippen molar-refractivity contribution in [3.63, 3.8) is 0 Å². The molecule has 1 saturated carbocycles. The lowest BCUT2D eigenvalue weighted by molar-refractivity contribution is 0.0916. The number of carbonyl (C=O) groups excluding carboxylic acids is 1. The third kappa shape index (κ3) is 1.90. The number of ether oxygens (including phenoxy) is 1. The van der Waals surface area contributed by atoms with Crippen LogP contribution in [0.1, 0.15) is 24.0 Å². The van der Waals surface area contributed by atoms with Crippen molar-refractivity contribution in [2.45, 2.75) is 31.9 Å². The predicted molar refractivity (Wildman–Crippen MR) is 60.1 cm³/mol. The van der Waals surface area contributed by atoms with E-state index in [0.717, 1.165) is 25.8 Å². The van der Waals surface area contributed by atoms with E-state index in [-0.39, 0.29) is 12.2 Å². The summed E-state index contributed by atoms with van der Waals surface area (Å²) in [4.78, 5) is 13.6. The summed E-state index contributed by atoms with van der Waals surface area (Å²) in [6.45, 7) is 1.48. The maximum atomic E-state index is 11.8. The Morgan fingerprint density at radius 2 is 2.00 bits per heavy atom. The van der Waals surface area contributed by atoms with Crippen LogP contribution in [-0.4, -0.2) is 23.6 Å². The number of fused-ring (bicyclic) bond motifs is 1. The van der Waals surface area contributed by atoms with E-state index in [0.29, 0.717) is 6.54 Å². The summed E-state index contributed by atoms with van der Waals surface area (Å²) in [6.07, 6.45) is 3.07. The lowest BCUT2D eigenvalue weighted by Gasteiger charge is -2.28. The minimum Gasteiger partial charge on any atom is -0.446 e. The van der Waals surface area contributed by atoms with E-state index in [1.807, 2.05) is 6.07 Å². The molecule has 3 nitrogen and oxygen atoms in total. The van der Waals surface area contributed by atoms with Gasteiger partial charge in [0, 0.05) is 13.1 Å². The second kappa shape index (κ2) is 3.81. The lowest BCUT2D eigenvalue weighted by Crippen LogP contribution is -2.36. The van der Waals surface area contributed by atoms with Gasteiger partial charge in [-0.3, -0.25) is 0 Å². The standard InChI is InChI=1S/C13H15NO2/c15-13(16-12-5-6-12)14-8-7-10-3-1-2-4-11(10)9-14/h1-4,12H,5-9H2. The highest BCUT2D eigenvalue weighted by Crippen LogP contribution is 2.26. The molecule has 2 aliphatic rings. The van der Waals surface area contributed by atoms with Crippen LogP contribution >= 0.6 is 0 Å². The van der Waals surface area contributed by atoms with Crippen LogP contribution < -0.4 is 0 Å². The molecule has 0 radical (unpaired) electrons. The lowest BCUT2D eigenvalue weighted by atomic mass is 10.0. The summed E-state index contributed by atoms with van der Waals surface area (Å²) in [5.74, 6) is 0. The smallest absolute Gasteiger partial charge is 0.410 e. The molecule has 1 heterocycles. The van der Waals surface area contributed by atoms with Gasteiger partial charge >= 0.3 is 6.09 Å². The minimum atomic E-state index is -0.142. The first-order chi connectivity index (χ1) is 7.83. The van der Waals surface area contributed by atoms with Crippen LogP contribution in [0.3, 0.4) is 0 Å². The van der Waals surface area contributed by atoms with Crippen molar-refractivity contribution < 1.29 is 9.53 Å². The summed E-state index contributed by atoms with van der Waals surface area (Å²) in [5.41, 5.74) is 2.61. The third-order valence-electron chi connectivity index (χ3n) is 3.18. The molecule has 0 saturated heterocycles. The van der Waals surface area contributed by atoms with E-state index >= 15 is 0 Å². The largest absolute Gasteiger partial charge is 0.446 e. The molecule has 0 atom stereocenters. The van der Waals surface area contributed by atoms with Gasteiger partial charge in [0.1, 0.15) is 6.10 Å². The van der Waals surface area contributed by atoms with Gasteiger partial charge in [-0.2, -0.15) is 0 Å². The molecule has 1 aromatic carbocycles. The van der Waals surface area contributed by atoms with Crippen LogP contribution in [0.4, 0.5) is 4.79 Å². The average Bonchev–Trinajstić information content (AvgIpc) is 3.12. The van der Waals surface area contributed by atoms with Crippen LogP contribution in [-0.2, 0) is 17.7 Å². The number of amides is 1. The van der Waals surface area contributed by atoms with Crippen molar-refractivity contribution in [2.24, 2.45) is 0 Å². The Labute approximate surface area is 95.0 Å². The van der Waals surface area contributed by atoms with E-state index in [4.69, 9.17) is 4.74 Å². The van der Waals surface area contributed by atoms with Gasteiger partial charge in [-0.15, -0.1) is 0 Å². The number of nitrogens with zero attached hydrogens (tertiary/aromatic N) is 1. The Morgan fingerprint density at radius 3 is 2.75 bits per heavy atom. The number of carbonyl (C=O) groups is 1. The van der Waals surface area contributed by atoms with Crippen molar-refractivity contribution >= 4 is 6.09 Å². The zero-order chi connectivity index (χ0) is 11.0. The third-order valence-corrected chi connectivity index (χ3v) is 3.18. The molecule has 84 valence electrons. The Morgan fingerprint density at radius 1 is 1.25 bits per heavy atom. The molecule has 0 unspecified atom stereocenters. The van der Waals surface area contributed by atoms with E-state index in [2.05, 4.69) is 18.2 Å². The van der Waals surface area contributed by atoms with Gasteiger partial charge in [-0.05, 0) is 30.4 Å². The fraction of sp³-hybridized carbons (Fsp3) is 0.462. The summed E-state index contributed by atoms with van der Waals surface area (Å²) < 4.78 is 5.30. The molecule has 1 aromatic rings. The van der Waals surface area contributed by atoms with E-state index < -0.39 is 0 Å². The van der Waals surface area contributed by atoms with Crippen LogP contribution in [0, 0.1) is 0 Å². The van der Waals surface area contributed by atoms with Crippen molar-refractivity contribution in [1.29, 1.82) is 0 Å². The summed E-state index contributed by atoms with van der Waals surface area (Å²) in [6, 6.07) is 8.30. The molecule has 3 heteroatoms. The van der Waals surface area contributed by atoms with Crippen molar-refractivity contribution in [3.05, 3.63) is 35.4 Å². The fourth-order valence-electron chi connectivity index (χ4n) is 2.05. The highest BCUT2D eigenvalue weighted by molar-refractivity contribution is 5.68. The molecule has 3 rings (SSSR count). The number of rotatable bonds is 1. The second-order valence-corrected chi connectivity index (χ2v) is 4.52. The molecule has 16 heavy (non-hydrogen) atoms. The van der Waals surface area contributed by atoms with Crippen LogP contribution in [0.5, 0.6) is 0 Å². The van der Waals surface area contributed by atoms with Gasteiger partial charge in [0.25, 0.3) is 0 Å². The van der Waals surface area contributed by atoms with Gasteiger partial charge in [0.05, 0.1) is 0 Å². The quantitative estimate of drug-likeness (QED) is 0.722. The topological polar surface area (TPSA) is 29.5 Å². The Hall–Kier alpha value is -1.51. The fourth-order valence-corrected chi connectivity index (χ4v) is 2.05. The summed E-state index contributed by atoms with van der Waals surface area (Å²) in [5, 5.41) is 0. The van der Waals surface area contributed by atoms with Gasteiger partial charge in [-0.25, -0.2) is 4.79 Å². The average molecular weight is 217 g/mol. The summed E-state index contributed by atoms with van der Waals surface area (Å²) in [7, 11) is 0. The summed E-state index contributed by atoms with van der Waals surface area (Å²) >= 11 is 0. The van der Waals surface area contributed by atoms with Gasteiger partial charge in [-0.1, -0.05) is 24.3 Å². The monoisotopic (exact) mass is 217 g/mol. The maximum Gasteiger partial charge on any atom is 0.410 e. The number of hydrogen-bond acceptors (Lipinski definition) is 2. The Bertz CT molecular complexity index is 412. The Kier molecular flexibility index (Phi) is 2.31. The Balaban J connectivity index is 1.69. The molecule has 0 N–H and O–H groups in total. The molecular formula is C13H15NO2. The van der Waals surface area contributed by atoms with Crippen LogP contribution in [0.25, 0.3) is 0 Å². The zero-order valence-corrected chi connectivity index (χ0v) is 9.19. The first-order valence-corrected chi connectivity index (χ1v) is 5.85. The van der Waals surface area contributed by atoms with E-state index in [9.17, 15) is 4.79 Å². The van der Waals surface area contributed by atoms with Crippen LogP contribution in [0.15, 0.2) is 24.3 Å². The highest BCUT2D eigenvalue weighted by Gasteiger charge is 2.29. The predicted octanol–water partition coefficient (Wildman–Crippen LogP) is 2.34.